The minimum absolute atomic E-state index is 0.150. The van der Waals surface area contributed by atoms with Crippen LogP contribution in [-0.2, 0) is 10.0 Å². The van der Waals surface area contributed by atoms with Crippen LogP contribution in [-0.4, -0.2) is 38.0 Å². The molecule has 0 aliphatic heterocycles. The molecule has 21 heavy (non-hydrogen) atoms. The Morgan fingerprint density at radius 1 is 1.43 bits per heavy atom. The number of thioether (sulfide) groups is 1. The van der Waals surface area contributed by atoms with Crippen LogP contribution in [0.5, 0.6) is 0 Å². The number of nitrogens with one attached hydrogen (secondary N) is 1. The van der Waals surface area contributed by atoms with E-state index in [1.807, 2.05) is 6.26 Å². The molecule has 0 fully saturated rings. The number of carboxylic acid groups (broad SMARTS) is 1. The van der Waals surface area contributed by atoms with Crippen molar-refractivity contribution in [3.63, 3.8) is 0 Å². The van der Waals surface area contributed by atoms with E-state index in [0.29, 0.717) is 6.42 Å². The lowest BCUT2D eigenvalue weighted by Gasteiger charge is -2.09. The summed E-state index contributed by atoms with van der Waals surface area (Å²) in [5.74, 6) is -1.99. The lowest BCUT2D eigenvalue weighted by Crippen LogP contribution is -2.26. The predicted octanol–water partition coefficient (Wildman–Crippen LogP) is 2.60. The van der Waals surface area contributed by atoms with Gasteiger partial charge in [-0.25, -0.2) is 22.3 Å². The molecule has 0 atom stereocenters. The second kappa shape index (κ2) is 7.98. The van der Waals surface area contributed by atoms with Gasteiger partial charge >= 0.3 is 5.97 Å². The van der Waals surface area contributed by atoms with E-state index in [0.717, 1.165) is 24.3 Å². The molecule has 1 aromatic rings. The zero-order valence-corrected chi connectivity index (χ0v) is 13.6. The highest BCUT2D eigenvalue weighted by Crippen LogP contribution is 2.23. The van der Waals surface area contributed by atoms with Crippen LogP contribution >= 0.6 is 23.4 Å². The summed E-state index contributed by atoms with van der Waals surface area (Å²) in [6, 6.07) is 1.77. The van der Waals surface area contributed by atoms with E-state index in [2.05, 4.69) is 4.72 Å². The van der Waals surface area contributed by atoms with Gasteiger partial charge in [0.25, 0.3) is 0 Å². The topological polar surface area (TPSA) is 83.5 Å². The van der Waals surface area contributed by atoms with Gasteiger partial charge in [0.05, 0.1) is 5.56 Å². The predicted molar refractivity (Wildman–Crippen MR) is 81.2 cm³/mol. The van der Waals surface area contributed by atoms with Crippen molar-refractivity contribution in [2.75, 3.05) is 18.6 Å². The van der Waals surface area contributed by atoms with Crippen molar-refractivity contribution in [2.45, 2.75) is 17.7 Å². The molecule has 0 radical (unpaired) electrons. The van der Waals surface area contributed by atoms with Crippen molar-refractivity contribution in [1.82, 2.24) is 4.72 Å². The summed E-state index contributed by atoms with van der Waals surface area (Å²) in [6.45, 7) is 0.150. The summed E-state index contributed by atoms with van der Waals surface area (Å²) in [5, 5.41) is 8.68. The molecule has 0 unspecified atom stereocenters. The Bertz CT molecular complexity index is 622. The monoisotopic (exact) mass is 355 g/mol. The molecule has 0 aromatic heterocycles. The molecule has 0 spiro atoms. The Morgan fingerprint density at radius 3 is 2.67 bits per heavy atom. The number of aromatic carboxylic acids is 1. The van der Waals surface area contributed by atoms with Crippen molar-refractivity contribution in [2.24, 2.45) is 0 Å². The SMILES string of the molecule is CSCCCCNS(=O)(=O)c1cc(Cl)cc(C(=O)O)c1F. The summed E-state index contributed by atoms with van der Waals surface area (Å²) in [6.07, 6.45) is 3.37. The third-order valence-electron chi connectivity index (χ3n) is 2.59. The van der Waals surface area contributed by atoms with Gasteiger partial charge in [0, 0.05) is 11.6 Å². The third kappa shape index (κ3) is 5.14. The Kier molecular flexibility index (Phi) is 6.92. The van der Waals surface area contributed by atoms with Gasteiger partial charge in [-0.15, -0.1) is 0 Å². The lowest BCUT2D eigenvalue weighted by molar-refractivity contribution is 0.0691. The van der Waals surface area contributed by atoms with E-state index in [1.165, 1.54) is 0 Å². The molecule has 0 aliphatic rings. The van der Waals surface area contributed by atoms with E-state index >= 15 is 0 Å². The quantitative estimate of drug-likeness (QED) is 0.700. The first-order valence-corrected chi connectivity index (χ1v) is 9.26. The molecule has 2 N–H and O–H groups in total. The molecule has 5 nitrogen and oxygen atoms in total. The maximum atomic E-state index is 14.0. The van der Waals surface area contributed by atoms with Crippen molar-refractivity contribution in [3.05, 3.63) is 28.5 Å². The van der Waals surface area contributed by atoms with Crippen molar-refractivity contribution in [1.29, 1.82) is 0 Å². The average molecular weight is 356 g/mol. The standard InChI is InChI=1S/C12H15ClFNO4S2/c1-20-5-3-2-4-15-21(18,19)10-7-8(13)6-9(11(10)14)12(16)17/h6-7,15H,2-5H2,1H3,(H,16,17). The molecule has 1 aromatic carbocycles. The lowest BCUT2D eigenvalue weighted by atomic mass is 10.2. The number of unbranched alkanes of at least 4 members (excludes halogenated alkanes) is 1. The molecule has 0 saturated carbocycles. The van der Waals surface area contributed by atoms with Crippen LogP contribution in [0, 0.1) is 5.82 Å². The summed E-state index contributed by atoms with van der Waals surface area (Å²) in [7, 11) is -4.14. The van der Waals surface area contributed by atoms with Crippen LogP contribution in [0.1, 0.15) is 23.2 Å². The van der Waals surface area contributed by atoms with Crippen LogP contribution in [0.25, 0.3) is 0 Å². The molecule has 0 saturated heterocycles. The van der Waals surface area contributed by atoms with Crippen molar-refractivity contribution >= 4 is 39.4 Å². The zero-order chi connectivity index (χ0) is 16.0. The largest absolute Gasteiger partial charge is 0.478 e. The summed E-state index contributed by atoms with van der Waals surface area (Å²) >= 11 is 7.30. The van der Waals surface area contributed by atoms with Gasteiger partial charge in [0.1, 0.15) is 4.90 Å². The Morgan fingerprint density at radius 2 is 2.10 bits per heavy atom. The summed E-state index contributed by atoms with van der Waals surface area (Å²) in [4.78, 5) is 10.1. The molecular weight excluding hydrogens is 341 g/mol. The van der Waals surface area contributed by atoms with Gasteiger partial charge in [-0.3, -0.25) is 0 Å². The third-order valence-corrected chi connectivity index (χ3v) is 4.97. The molecule has 0 amide bonds. The van der Waals surface area contributed by atoms with E-state index in [4.69, 9.17) is 16.7 Å². The first kappa shape index (κ1) is 18.2. The first-order valence-electron chi connectivity index (χ1n) is 6.00. The van der Waals surface area contributed by atoms with Gasteiger partial charge in [-0.1, -0.05) is 11.6 Å². The van der Waals surface area contributed by atoms with Gasteiger partial charge in [0.2, 0.25) is 10.0 Å². The average Bonchev–Trinajstić information content (AvgIpc) is 2.40. The molecule has 118 valence electrons. The minimum atomic E-state index is -4.14. The van der Waals surface area contributed by atoms with E-state index in [-0.39, 0.29) is 11.6 Å². The van der Waals surface area contributed by atoms with Crippen LogP contribution in [0.2, 0.25) is 5.02 Å². The second-order valence-corrected chi connectivity index (χ2v) is 7.33. The van der Waals surface area contributed by atoms with Crippen LogP contribution in [0.15, 0.2) is 17.0 Å². The molecule has 0 heterocycles. The Labute approximate surface area is 131 Å². The first-order chi connectivity index (χ1) is 9.79. The summed E-state index contributed by atoms with van der Waals surface area (Å²) in [5.41, 5.74) is -0.773. The van der Waals surface area contributed by atoms with E-state index in [9.17, 15) is 17.6 Å². The van der Waals surface area contributed by atoms with Gasteiger partial charge in [0.15, 0.2) is 5.82 Å². The van der Waals surface area contributed by atoms with Gasteiger partial charge in [-0.05, 0) is 37.0 Å². The minimum Gasteiger partial charge on any atom is -0.478 e. The smallest absolute Gasteiger partial charge is 0.338 e. The van der Waals surface area contributed by atoms with Gasteiger partial charge < -0.3 is 5.11 Å². The molecule has 1 rings (SSSR count). The number of halogens is 2. The highest BCUT2D eigenvalue weighted by atomic mass is 35.5. The summed E-state index contributed by atoms with van der Waals surface area (Å²) < 4.78 is 40.2. The van der Waals surface area contributed by atoms with Crippen molar-refractivity contribution < 1.29 is 22.7 Å². The highest BCUT2D eigenvalue weighted by molar-refractivity contribution is 7.98. The number of benzene rings is 1. The Hall–Kier alpha value is -0.830. The van der Waals surface area contributed by atoms with Crippen molar-refractivity contribution in [3.8, 4) is 0 Å². The zero-order valence-electron chi connectivity index (χ0n) is 11.2. The fraction of sp³-hybridized carbons (Fsp3) is 0.417. The number of carbonyl (C=O) groups is 1. The highest BCUT2D eigenvalue weighted by Gasteiger charge is 2.24. The molecule has 0 aliphatic carbocycles. The number of rotatable bonds is 8. The maximum Gasteiger partial charge on any atom is 0.338 e. The second-order valence-electron chi connectivity index (χ2n) is 4.17. The number of sulfonamides is 1. The number of hydrogen-bond acceptors (Lipinski definition) is 4. The van der Waals surface area contributed by atoms with E-state index < -0.39 is 32.3 Å². The Balaban J connectivity index is 2.95. The number of hydrogen-bond donors (Lipinski definition) is 2. The normalized spacial score (nSPS) is 11.6. The fourth-order valence-corrected chi connectivity index (χ4v) is 3.54. The maximum absolute atomic E-state index is 14.0. The fourth-order valence-electron chi connectivity index (χ4n) is 1.57. The van der Waals surface area contributed by atoms with E-state index in [1.54, 1.807) is 11.8 Å². The molecular formula is C12H15ClFNO4S2. The van der Waals surface area contributed by atoms with Crippen LogP contribution in [0.4, 0.5) is 4.39 Å². The number of carboxylic acids is 1. The molecule has 9 heteroatoms. The molecule has 0 bridgehead atoms. The van der Waals surface area contributed by atoms with Crippen LogP contribution < -0.4 is 4.72 Å². The van der Waals surface area contributed by atoms with Crippen LogP contribution in [0.3, 0.4) is 0 Å². The van der Waals surface area contributed by atoms with Gasteiger partial charge in [-0.2, -0.15) is 11.8 Å².